The molecule has 0 aromatic heterocycles. The summed E-state index contributed by atoms with van der Waals surface area (Å²) in [6.45, 7) is 2.66. The molecule has 1 amide bonds. The van der Waals surface area contributed by atoms with Crippen LogP contribution in [0.1, 0.15) is 24.0 Å². The van der Waals surface area contributed by atoms with E-state index < -0.39 is 0 Å². The number of carbonyl (C=O) groups excluding carboxylic acids is 1. The quantitative estimate of drug-likeness (QED) is 0.850. The highest BCUT2D eigenvalue weighted by molar-refractivity contribution is 5.91. The van der Waals surface area contributed by atoms with E-state index in [1.165, 1.54) is 36.7 Å². The van der Waals surface area contributed by atoms with E-state index >= 15 is 0 Å². The molecule has 4 heteroatoms. The molecule has 2 aromatic rings. The van der Waals surface area contributed by atoms with Gasteiger partial charge in [-0.2, -0.15) is 0 Å². The van der Waals surface area contributed by atoms with Gasteiger partial charge in [-0.3, -0.25) is 4.79 Å². The molecule has 2 aromatic carbocycles. The smallest absolute Gasteiger partial charge is 0.244 e. The minimum Gasteiger partial charge on any atom is -0.371 e. The van der Waals surface area contributed by atoms with Crippen LogP contribution in [0.3, 0.4) is 0 Å². The average Bonchev–Trinajstić information content (AvgIpc) is 3.14. The first-order chi connectivity index (χ1) is 11.7. The van der Waals surface area contributed by atoms with Crippen molar-refractivity contribution < 1.29 is 9.18 Å². The van der Waals surface area contributed by atoms with E-state index in [4.69, 9.17) is 0 Å². The summed E-state index contributed by atoms with van der Waals surface area (Å²) in [5.41, 5.74) is 3.13. The molecule has 124 valence electrons. The van der Waals surface area contributed by atoms with Crippen molar-refractivity contribution in [2.45, 2.75) is 19.4 Å². The van der Waals surface area contributed by atoms with Crippen LogP contribution in [0.2, 0.25) is 0 Å². The number of hydrogen-bond acceptors (Lipinski definition) is 2. The maximum Gasteiger partial charge on any atom is 0.244 e. The van der Waals surface area contributed by atoms with Crippen molar-refractivity contribution in [3.05, 3.63) is 71.6 Å². The van der Waals surface area contributed by atoms with Crippen LogP contribution in [0.5, 0.6) is 0 Å². The Balaban J connectivity index is 1.59. The Hall–Kier alpha value is -2.62. The van der Waals surface area contributed by atoms with Crippen LogP contribution < -0.4 is 10.2 Å². The number of nitrogens with one attached hydrogen (secondary N) is 1. The molecule has 1 aliphatic heterocycles. The van der Waals surface area contributed by atoms with Crippen molar-refractivity contribution in [3.8, 4) is 0 Å². The maximum atomic E-state index is 12.9. The summed E-state index contributed by atoms with van der Waals surface area (Å²) in [5, 5.41) is 2.92. The zero-order chi connectivity index (χ0) is 16.8. The normalized spacial score (nSPS) is 14.3. The van der Waals surface area contributed by atoms with Crippen molar-refractivity contribution in [1.82, 2.24) is 5.32 Å². The van der Waals surface area contributed by atoms with Crippen LogP contribution in [-0.4, -0.2) is 19.0 Å². The fraction of sp³-hybridized carbons (Fsp3) is 0.250. The third-order valence-electron chi connectivity index (χ3n) is 4.19. The molecule has 1 fully saturated rings. The molecule has 1 aliphatic rings. The van der Waals surface area contributed by atoms with E-state index in [0.29, 0.717) is 6.54 Å². The second kappa shape index (κ2) is 7.77. The van der Waals surface area contributed by atoms with E-state index in [1.807, 2.05) is 12.1 Å². The highest BCUT2D eigenvalue weighted by atomic mass is 19.1. The fourth-order valence-electron chi connectivity index (χ4n) is 2.91. The predicted molar refractivity (Wildman–Crippen MR) is 95.2 cm³/mol. The first-order valence-corrected chi connectivity index (χ1v) is 8.27. The second-order valence-electron chi connectivity index (χ2n) is 5.93. The van der Waals surface area contributed by atoms with E-state index in [-0.39, 0.29) is 11.7 Å². The molecule has 0 saturated carbocycles. The van der Waals surface area contributed by atoms with Gasteiger partial charge in [-0.15, -0.1) is 0 Å². The van der Waals surface area contributed by atoms with Gasteiger partial charge in [0.2, 0.25) is 5.91 Å². The van der Waals surface area contributed by atoms with Crippen molar-refractivity contribution in [3.63, 3.8) is 0 Å². The Morgan fingerprint density at radius 3 is 2.54 bits per heavy atom. The van der Waals surface area contributed by atoms with Gasteiger partial charge >= 0.3 is 0 Å². The zero-order valence-corrected chi connectivity index (χ0v) is 13.5. The third-order valence-corrected chi connectivity index (χ3v) is 4.19. The topological polar surface area (TPSA) is 32.3 Å². The lowest BCUT2D eigenvalue weighted by atomic mass is 10.1. The van der Waals surface area contributed by atoms with Gasteiger partial charge in [0.05, 0.1) is 0 Å². The number of anilines is 1. The number of para-hydroxylation sites is 1. The van der Waals surface area contributed by atoms with Crippen LogP contribution in [-0.2, 0) is 11.3 Å². The van der Waals surface area contributed by atoms with Gasteiger partial charge in [-0.1, -0.05) is 30.3 Å². The van der Waals surface area contributed by atoms with Gasteiger partial charge in [0, 0.05) is 31.4 Å². The Labute approximate surface area is 141 Å². The molecule has 1 saturated heterocycles. The zero-order valence-electron chi connectivity index (χ0n) is 13.5. The van der Waals surface area contributed by atoms with Gasteiger partial charge in [0.1, 0.15) is 5.82 Å². The maximum absolute atomic E-state index is 12.9. The Morgan fingerprint density at radius 1 is 1.08 bits per heavy atom. The average molecular weight is 324 g/mol. The van der Waals surface area contributed by atoms with Crippen molar-refractivity contribution in [1.29, 1.82) is 0 Å². The Kier molecular flexibility index (Phi) is 5.26. The fourth-order valence-corrected chi connectivity index (χ4v) is 2.91. The van der Waals surface area contributed by atoms with E-state index in [1.54, 1.807) is 18.2 Å². The minimum absolute atomic E-state index is 0.157. The van der Waals surface area contributed by atoms with Gasteiger partial charge in [-0.25, -0.2) is 4.39 Å². The third kappa shape index (κ3) is 4.22. The molecule has 24 heavy (non-hydrogen) atoms. The number of carbonyl (C=O) groups is 1. The summed E-state index contributed by atoms with van der Waals surface area (Å²) in [4.78, 5) is 14.4. The Morgan fingerprint density at radius 2 is 1.79 bits per heavy atom. The molecule has 0 radical (unpaired) electrons. The van der Waals surface area contributed by atoms with Crippen LogP contribution >= 0.6 is 0 Å². The number of halogens is 1. The highest BCUT2D eigenvalue weighted by Gasteiger charge is 2.15. The molecule has 3 nitrogen and oxygen atoms in total. The molecule has 1 N–H and O–H groups in total. The summed E-state index contributed by atoms with van der Waals surface area (Å²) in [7, 11) is 0. The van der Waals surface area contributed by atoms with Crippen LogP contribution in [0, 0.1) is 5.82 Å². The summed E-state index contributed by atoms with van der Waals surface area (Å²) in [5.74, 6) is -0.439. The Bertz CT molecular complexity index is 719. The SMILES string of the molecule is O=C(C=Cc1ccc(F)cc1)NCc1ccccc1N1CCCC1. The van der Waals surface area contributed by atoms with Gasteiger partial charge < -0.3 is 10.2 Å². The van der Waals surface area contributed by atoms with Gasteiger partial charge in [0.25, 0.3) is 0 Å². The molecule has 1 heterocycles. The lowest BCUT2D eigenvalue weighted by molar-refractivity contribution is -0.116. The lowest BCUT2D eigenvalue weighted by Gasteiger charge is -2.21. The van der Waals surface area contributed by atoms with Crippen LogP contribution in [0.25, 0.3) is 6.08 Å². The number of amides is 1. The van der Waals surface area contributed by atoms with Gasteiger partial charge in [0.15, 0.2) is 0 Å². The molecule has 0 aliphatic carbocycles. The molecule has 0 bridgehead atoms. The number of nitrogens with zero attached hydrogens (tertiary/aromatic N) is 1. The standard InChI is InChI=1S/C20H21FN2O/c21-18-10-7-16(8-11-18)9-12-20(24)22-15-17-5-1-2-6-19(17)23-13-3-4-14-23/h1-2,5-12H,3-4,13-15H2,(H,22,24). The summed E-state index contributed by atoms with van der Waals surface area (Å²) >= 11 is 0. The number of rotatable bonds is 5. The van der Waals surface area contributed by atoms with E-state index in [0.717, 1.165) is 24.2 Å². The van der Waals surface area contributed by atoms with Gasteiger partial charge in [-0.05, 0) is 48.2 Å². The molecule has 0 atom stereocenters. The van der Waals surface area contributed by atoms with Crippen LogP contribution in [0.15, 0.2) is 54.6 Å². The highest BCUT2D eigenvalue weighted by Crippen LogP contribution is 2.24. The summed E-state index contributed by atoms with van der Waals surface area (Å²) < 4.78 is 12.9. The van der Waals surface area contributed by atoms with Crippen molar-refractivity contribution in [2.75, 3.05) is 18.0 Å². The van der Waals surface area contributed by atoms with E-state index in [2.05, 4.69) is 22.3 Å². The summed E-state index contributed by atoms with van der Waals surface area (Å²) in [6, 6.07) is 14.2. The van der Waals surface area contributed by atoms with Crippen molar-refractivity contribution >= 4 is 17.7 Å². The first kappa shape index (κ1) is 16.2. The van der Waals surface area contributed by atoms with E-state index in [9.17, 15) is 9.18 Å². The summed E-state index contributed by atoms with van der Waals surface area (Å²) in [6.07, 6.45) is 5.61. The molecular weight excluding hydrogens is 303 g/mol. The monoisotopic (exact) mass is 324 g/mol. The molecule has 0 spiro atoms. The van der Waals surface area contributed by atoms with Crippen molar-refractivity contribution in [2.24, 2.45) is 0 Å². The molecule has 0 unspecified atom stereocenters. The largest absolute Gasteiger partial charge is 0.371 e. The number of hydrogen-bond donors (Lipinski definition) is 1. The predicted octanol–water partition coefficient (Wildman–Crippen LogP) is 3.76. The molecule has 3 rings (SSSR count). The van der Waals surface area contributed by atoms with Crippen LogP contribution in [0.4, 0.5) is 10.1 Å². The first-order valence-electron chi connectivity index (χ1n) is 8.27. The number of benzene rings is 2. The lowest BCUT2D eigenvalue weighted by Crippen LogP contribution is -2.24. The minimum atomic E-state index is -0.282. The molecular formula is C20H21FN2O. The second-order valence-corrected chi connectivity index (χ2v) is 5.93.